The van der Waals surface area contributed by atoms with Gasteiger partial charge >= 0.3 is 5.97 Å². The third kappa shape index (κ3) is 1.25. The number of ether oxygens (including phenoxy) is 1. The summed E-state index contributed by atoms with van der Waals surface area (Å²) in [6.07, 6.45) is 3.75. The second kappa shape index (κ2) is 3.21. The molecule has 2 N–H and O–H groups in total. The lowest BCUT2D eigenvalue weighted by molar-refractivity contribution is -0.155. The van der Waals surface area contributed by atoms with E-state index in [-0.39, 0.29) is 17.9 Å². The number of esters is 1. The summed E-state index contributed by atoms with van der Waals surface area (Å²) in [5, 5.41) is 0. The van der Waals surface area contributed by atoms with Gasteiger partial charge < -0.3 is 10.5 Å². The van der Waals surface area contributed by atoms with Gasteiger partial charge in [-0.15, -0.1) is 0 Å². The molecule has 3 heteroatoms. The van der Waals surface area contributed by atoms with Crippen molar-refractivity contribution in [1.29, 1.82) is 0 Å². The molecule has 0 radical (unpaired) electrons. The van der Waals surface area contributed by atoms with Gasteiger partial charge in [-0.1, -0.05) is 0 Å². The average molecular weight is 209 g/mol. The number of fused-ring (bicyclic) bond motifs is 2. The van der Waals surface area contributed by atoms with E-state index >= 15 is 0 Å². The molecule has 2 unspecified atom stereocenters. The smallest absolute Gasteiger partial charge is 0.310 e. The van der Waals surface area contributed by atoms with Crippen LogP contribution in [0.25, 0.3) is 0 Å². The van der Waals surface area contributed by atoms with Crippen LogP contribution in [-0.2, 0) is 9.53 Å². The molecule has 84 valence electrons. The molecule has 0 spiro atoms. The SMILES string of the molecule is CCOC(=O)[C@H]1[C@H](N)[C@@H]2CC[C@H]1C1CC12. The summed E-state index contributed by atoms with van der Waals surface area (Å²) in [5.74, 6) is 2.77. The molecule has 4 rings (SSSR count). The fraction of sp³-hybridized carbons (Fsp3) is 0.917. The highest BCUT2D eigenvalue weighted by Crippen LogP contribution is 2.63. The van der Waals surface area contributed by atoms with E-state index in [1.165, 1.54) is 19.3 Å². The highest BCUT2D eigenvalue weighted by molar-refractivity contribution is 5.74. The van der Waals surface area contributed by atoms with Gasteiger partial charge in [-0.25, -0.2) is 0 Å². The maximum atomic E-state index is 11.9. The van der Waals surface area contributed by atoms with Crippen molar-refractivity contribution in [2.75, 3.05) is 6.61 Å². The normalized spacial score (nSPS) is 51.1. The molecule has 6 atom stereocenters. The van der Waals surface area contributed by atoms with Gasteiger partial charge in [0.2, 0.25) is 0 Å². The Hall–Kier alpha value is -0.570. The summed E-state index contributed by atoms with van der Waals surface area (Å²) in [6.45, 7) is 2.35. The minimum atomic E-state index is -0.0370. The van der Waals surface area contributed by atoms with Crippen molar-refractivity contribution in [1.82, 2.24) is 0 Å². The Kier molecular flexibility index (Phi) is 2.06. The third-order valence-corrected chi connectivity index (χ3v) is 4.75. The molecule has 4 saturated carbocycles. The lowest BCUT2D eigenvalue weighted by atomic mass is 9.62. The first-order valence-corrected chi connectivity index (χ1v) is 6.16. The Morgan fingerprint density at radius 1 is 1.27 bits per heavy atom. The molecular weight excluding hydrogens is 190 g/mol. The minimum Gasteiger partial charge on any atom is -0.466 e. The van der Waals surface area contributed by atoms with Crippen LogP contribution in [0.4, 0.5) is 0 Å². The molecule has 15 heavy (non-hydrogen) atoms. The second-order valence-corrected chi connectivity index (χ2v) is 5.32. The van der Waals surface area contributed by atoms with E-state index < -0.39 is 0 Å². The van der Waals surface area contributed by atoms with Crippen LogP contribution in [0.5, 0.6) is 0 Å². The molecule has 4 aliphatic rings. The predicted molar refractivity (Wildman–Crippen MR) is 55.9 cm³/mol. The van der Waals surface area contributed by atoms with E-state index in [2.05, 4.69) is 0 Å². The number of rotatable bonds is 2. The average Bonchev–Trinajstić information content (AvgIpc) is 2.98. The summed E-state index contributed by atoms with van der Waals surface area (Å²) in [5.41, 5.74) is 6.21. The molecule has 0 aliphatic heterocycles. The first-order valence-electron chi connectivity index (χ1n) is 6.16. The van der Waals surface area contributed by atoms with Crippen molar-refractivity contribution < 1.29 is 9.53 Å². The number of carbonyl (C=O) groups is 1. The first-order chi connectivity index (χ1) is 7.24. The molecule has 0 aromatic rings. The van der Waals surface area contributed by atoms with Gasteiger partial charge in [0.05, 0.1) is 12.5 Å². The molecule has 0 saturated heterocycles. The molecule has 4 fully saturated rings. The van der Waals surface area contributed by atoms with Gasteiger partial charge in [0.1, 0.15) is 0 Å². The standard InChI is InChI=1S/C12H19NO2/c1-2-15-12(14)10-6-3-4-7(11(10)13)9-5-8(6)9/h6-11H,2-5,13H2,1H3/t6-,7+,8?,9?,10+,11+/m0/s1. The van der Waals surface area contributed by atoms with Crippen molar-refractivity contribution >= 4 is 5.97 Å². The number of carbonyl (C=O) groups excluding carboxylic acids is 1. The molecule has 2 bridgehead atoms. The zero-order valence-corrected chi connectivity index (χ0v) is 9.19. The van der Waals surface area contributed by atoms with Gasteiger partial charge in [-0.05, 0) is 49.9 Å². The van der Waals surface area contributed by atoms with Crippen molar-refractivity contribution in [2.24, 2.45) is 35.3 Å². The zero-order valence-electron chi connectivity index (χ0n) is 9.19. The van der Waals surface area contributed by atoms with Crippen LogP contribution in [-0.4, -0.2) is 18.6 Å². The Morgan fingerprint density at radius 2 is 1.93 bits per heavy atom. The van der Waals surface area contributed by atoms with Crippen molar-refractivity contribution in [3.8, 4) is 0 Å². The molecule has 0 heterocycles. The van der Waals surface area contributed by atoms with E-state index in [9.17, 15) is 4.79 Å². The van der Waals surface area contributed by atoms with Gasteiger partial charge in [0.25, 0.3) is 0 Å². The predicted octanol–water partition coefficient (Wildman–Crippen LogP) is 1.17. The lowest BCUT2D eigenvalue weighted by Crippen LogP contribution is -2.54. The van der Waals surface area contributed by atoms with E-state index in [0.29, 0.717) is 18.4 Å². The fourth-order valence-corrected chi connectivity index (χ4v) is 4.08. The van der Waals surface area contributed by atoms with Crippen LogP contribution in [0, 0.1) is 29.6 Å². The molecule has 0 aromatic carbocycles. The molecule has 4 aliphatic carbocycles. The van der Waals surface area contributed by atoms with Crippen molar-refractivity contribution in [3.63, 3.8) is 0 Å². The van der Waals surface area contributed by atoms with E-state index in [1.807, 2.05) is 6.92 Å². The largest absolute Gasteiger partial charge is 0.466 e. The van der Waals surface area contributed by atoms with E-state index in [0.717, 1.165) is 11.8 Å². The first kappa shape index (κ1) is 9.64. The Morgan fingerprint density at radius 3 is 2.67 bits per heavy atom. The highest BCUT2D eigenvalue weighted by Gasteiger charge is 2.62. The zero-order chi connectivity index (χ0) is 10.6. The Labute approximate surface area is 90.4 Å². The lowest BCUT2D eigenvalue weighted by Gasteiger charge is -2.45. The summed E-state index contributed by atoms with van der Waals surface area (Å²) in [4.78, 5) is 11.9. The monoisotopic (exact) mass is 209 g/mol. The fourth-order valence-electron chi connectivity index (χ4n) is 4.08. The van der Waals surface area contributed by atoms with Crippen LogP contribution >= 0.6 is 0 Å². The summed E-state index contributed by atoms with van der Waals surface area (Å²) in [6, 6.07) is 0.0755. The number of nitrogens with two attached hydrogens (primary N) is 1. The van der Waals surface area contributed by atoms with E-state index in [4.69, 9.17) is 10.5 Å². The second-order valence-electron chi connectivity index (χ2n) is 5.32. The van der Waals surface area contributed by atoms with Crippen LogP contribution in [0.1, 0.15) is 26.2 Å². The van der Waals surface area contributed by atoms with Gasteiger partial charge in [0, 0.05) is 6.04 Å². The quantitative estimate of drug-likeness (QED) is 0.694. The van der Waals surface area contributed by atoms with Crippen LogP contribution in [0.3, 0.4) is 0 Å². The Balaban J connectivity index is 1.80. The van der Waals surface area contributed by atoms with Gasteiger partial charge in [-0.3, -0.25) is 4.79 Å². The van der Waals surface area contributed by atoms with Crippen LogP contribution < -0.4 is 5.73 Å². The van der Waals surface area contributed by atoms with Crippen LogP contribution in [0.15, 0.2) is 0 Å². The van der Waals surface area contributed by atoms with Gasteiger partial charge in [0.15, 0.2) is 0 Å². The molecule has 0 amide bonds. The summed E-state index contributed by atoms with van der Waals surface area (Å²) < 4.78 is 5.15. The highest BCUT2D eigenvalue weighted by atomic mass is 16.5. The minimum absolute atomic E-state index is 0.00690. The van der Waals surface area contributed by atoms with Crippen molar-refractivity contribution in [2.45, 2.75) is 32.2 Å². The Bertz CT molecular complexity index is 291. The summed E-state index contributed by atoms with van der Waals surface area (Å²) in [7, 11) is 0. The topological polar surface area (TPSA) is 52.3 Å². The number of hydrogen-bond acceptors (Lipinski definition) is 3. The van der Waals surface area contributed by atoms with Gasteiger partial charge in [-0.2, -0.15) is 0 Å². The molecule has 0 aromatic heterocycles. The third-order valence-electron chi connectivity index (χ3n) is 4.75. The number of hydrogen-bond donors (Lipinski definition) is 1. The maximum Gasteiger partial charge on any atom is 0.310 e. The maximum absolute atomic E-state index is 11.9. The van der Waals surface area contributed by atoms with Crippen molar-refractivity contribution in [3.05, 3.63) is 0 Å². The summed E-state index contributed by atoms with van der Waals surface area (Å²) >= 11 is 0. The molecular formula is C12H19NO2. The molecule has 3 nitrogen and oxygen atoms in total. The van der Waals surface area contributed by atoms with E-state index in [1.54, 1.807) is 0 Å². The van der Waals surface area contributed by atoms with Crippen LogP contribution in [0.2, 0.25) is 0 Å².